The van der Waals surface area contributed by atoms with Crippen molar-refractivity contribution >= 4 is 5.91 Å². The minimum absolute atomic E-state index is 0.0352. The van der Waals surface area contributed by atoms with Gasteiger partial charge in [0.25, 0.3) is 0 Å². The van der Waals surface area contributed by atoms with Gasteiger partial charge in [0, 0.05) is 26.4 Å². The van der Waals surface area contributed by atoms with E-state index >= 15 is 0 Å². The number of rotatable bonds is 5. The molecule has 0 fully saturated rings. The largest absolute Gasteiger partial charge is 0.466 e. The molecule has 3 N–H and O–H groups in total. The van der Waals surface area contributed by atoms with Gasteiger partial charge >= 0.3 is 0 Å². The molecule has 0 aliphatic heterocycles. The van der Waals surface area contributed by atoms with Gasteiger partial charge in [-0.1, -0.05) is 6.92 Å². The third-order valence-corrected chi connectivity index (χ3v) is 2.42. The van der Waals surface area contributed by atoms with E-state index in [1.807, 2.05) is 19.1 Å². The highest BCUT2D eigenvalue weighted by molar-refractivity contribution is 5.78. The third-order valence-electron chi connectivity index (χ3n) is 2.42. The van der Waals surface area contributed by atoms with E-state index < -0.39 is 0 Å². The highest BCUT2D eigenvalue weighted by Crippen LogP contribution is 2.13. The van der Waals surface area contributed by atoms with Crippen molar-refractivity contribution in [3.63, 3.8) is 0 Å². The van der Waals surface area contributed by atoms with Gasteiger partial charge in [-0.2, -0.15) is 0 Å². The van der Waals surface area contributed by atoms with Crippen LogP contribution in [0.25, 0.3) is 0 Å². The Bertz CT molecular complexity index is 320. The van der Waals surface area contributed by atoms with Crippen LogP contribution < -0.4 is 11.1 Å². The fraction of sp³-hybridized carbons (Fsp3) is 0.545. The zero-order valence-electron chi connectivity index (χ0n) is 9.25. The SMILES string of the molecule is CCc1ccc(CC(CN)C(=O)NC)o1. The molecule has 0 aliphatic carbocycles. The number of nitrogens with two attached hydrogens (primary N) is 1. The van der Waals surface area contributed by atoms with E-state index in [2.05, 4.69) is 5.32 Å². The first-order valence-corrected chi connectivity index (χ1v) is 5.20. The number of carbonyl (C=O) groups is 1. The molecule has 0 saturated carbocycles. The van der Waals surface area contributed by atoms with Crippen LogP contribution in [0, 0.1) is 5.92 Å². The van der Waals surface area contributed by atoms with Gasteiger partial charge in [0.15, 0.2) is 0 Å². The van der Waals surface area contributed by atoms with E-state index in [1.54, 1.807) is 7.05 Å². The molecular formula is C11H18N2O2. The van der Waals surface area contributed by atoms with Crippen molar-refractivity contribution in [1.29, 1.82) is 0 Å². The van der Waals surface area contributed by atoms with Crippen LogP contribution in [0.5, 0.6) is 0 Å². The predicted octanol–water partition coefficient (Wildman–Crippen LogP) is 0.705. The van der Waals surface area contributed by atoms with Crippen molar-refractivity contribution in [3.05, 3.63) is 23.7 Å². The normalized spacial score (nSPS) is 12.5. The van der Waals surface area contributed by atoms with Gasteiger partial charge in [0.1, 0.15) is 11.5 Å². The smallest absolute Gasteiger partial charge is 0.224 e. The van der Waals surface area contributed by atoms with Gasteiger partial charge in [-0.3, -0.25) is 4.79 Å². The molecule has 0 aliphatic rings. The average Bonchev–Trinajstić information content (AvgIpc) is 2.72. The Balaban J connectivity index is 2.62. The minimum Gasteiger partial charge on any atom is -0.466 e. The number of hydrogen-bond donors (Lipinski definition) is 2. The standard InChI is InChI=1S/C11H18N2O2/c1-3-9-4-5-10(15-9)6-8(7-12)11(14)13-2/h4-5,8H,3,6-7,12H2,1-2H3,(H,13,14). The van der Waals surface area contributed by atoms with Gasteiger partial charge < -0.3 is 15.5 Å². The monoisotopic (exact) mass is 210 g/mol. The molecule has 0 bridgehead atoms. The fourth-order valence-corrected chi connectivity index (χ4v) is 1.45. The fourth-order valence-electron chi connectivity index (χ4n) is 1.45. The summed E-state index contributed by atoms with van der Waals surface area (Å²) in [5.74, 6) is 1.53. The van der Waals surface area contributed by atoms with Crippen molar-refractivity contribution in [3.8, 4) is 0 Å². The molecule has 0 aromatic carbocycles. The molecular weight excluding hydrogens is 192 g/mol. The minimum atomic E-state index is -0.203. The Hall–Kier alpha value is -1.29. The summed E-state index contributed by atoms with van der Waals surface area (Å²) in [6.07, 6.45) is 1.43. The topological polar surface area (TPSA) is 68.3 Å². The van der Waals surface area contributed by atoms with Gasteiger partial charge in [-0.15, -0.1) is 0 Å². The molecule has 0 spiro atoms. The lowest BCUT2D eigenvalue weighted by atomic mass is 10.0. The van der Waals surface area contributed by atoms with E-state index in [4.69, 9.17) is 10.2 Å². The second kappa shape index (κ2) is 5.56. The Morgan fingerprint density at radius 1 is 1.53 bits per heavy atom. The predicted molar refractivity (Wildman–Crippen MR) is 58.4 cm³/mol. The zero-order valence-corrected chi connectivity index (χ0v) is 9.25. The lowest BCUT2D eigenvalue weighted by molar-refractivity contribution is -0.124. The summed E-state index contributed by atoms with van der Waals surface area (Å²) < 4.78 is 5.52. The zero-order chi connectivity index (χ0) is 11.3. The molecule has 15 heavy (non-hydrogen) atoms. The van der Waals surface area contributed by atoms with E-state index in [9.17, 15) is 4.79 Å². The summed E-state index contributed by atoms with van der Waals surface area (Å²) in [4.78, 5) is 11.4. The lowest BCUT2D eigenvalue weighted by Gasteiger charge is -2.10. The van der Waals surface area contributed by atoms with Crippen molar-refractivity contribution in [2.24, 2.45) is 11.7 Å². The summed E-state index contributed by atoms with van der Waals surface area (Å²) in [6.45, 7) is 2.36. The van der Waals surface area contributed by atoms with Crippen molar-refractivity contribution in [2.75, 3.05) is 13.6 Å². The van der Waals surface area contributed by atoms with Gasteiger partial charge in [-0.05, 0) is 12.1 Å². The third kappa shape index (κ3) is 3.09. The molecule has 1 heterocycles. The van der Waals surface area contributed by atoms with E-state index in [0.717, 1.165) is 17.9 Å². The average molecular weight is 210 g/mol. The van der Waals surface area contributed by atoms with E-state index in [0.29, 0.717) is 13.0 Å². The molecule has 0 saturated heterocycles. The number of nitrogens with one attached hydrogen (secondary N) is 1. The van der Waals surface area contributed by atoms with E-state index in [-0.39, 0.29) is 11.8 Å². The number of aryl methyl sites for hydroxylation is 1. The Morgan fingerprint density at radius 3 is 2.67 bits per heavy atom. The first kappa shape index (κ1) is 11.8. The maximum absolute atomic E-state index is 11.4. The second-order valence-corrected chi connectivity index (χ2v) is 3.47. The van der Waals surface area contributed by atoms with Gasteiger partial charge in [0.05, 0.1) is 5.92 Å². The lowest BCUT2D eigenvalue weighted by Crippen LogP contribution is -2.33. The van der Waals surface area contributed by atoms with Gasteiger partial charge in [0.2, 0.25) is 5.91 Å². The number of furan rings is 1. The summed E-state index contributed by atoms with van der Waals surface area (Å²) >= 11 is 0. The molecule has 1 unspecified atom stereocenters. The maximum atomic E-state index is 11.4. The molecule has 4 nitrogen and oxygen atoms in total. The molecule has 4 heteroatoms. The van der Waals surface area contributed by atoms with Crippen molar-refractivity contribution in [1.82, 2.24) is 5.32 Å². The molecule has 1 atom stereocenters. The highest BCUT2D eigenvalue weighted by Gasteiger charge is 2.17. The van der Waals surface area contributed by atoms with Crippen LogP contribution in [0.3, 0.4) is 0 Å². The molecule has 1 aromatic heterocycles. The highest BCUT2D eigenvalue weighted by atomic mass is 16.3. The Morgan fingerprint density at radius 2 is 2.20 bits per heavy atom. The quantitative estimate of drug-likeness (QED) is 0.752. The summed E-state index contributed by atoms with van der Waals surface area (Å²) in [5, 5.41) is 2.60. The second-order valence-electron chi connectivity index (χ2n) is 3.47. The first-order chi connectivity index (χ1) is 7.21. The van der Waals surface area contributed by atoms with Crippen LogP contribution in [0.4, 0.5) is 0 Å². The Labute approximate surface area is 89.8 Å². The molecule has 84 valence electrons. The van der Waals surface area contributed by atoms with Crippen LogP contribution in [0.15, 0.2) is 16.5 Å². The Kier molecular flexibility index (Phi) is 4.37. The van der Waals surface area contributed by atoms with Crippen LogP contribution in [-0.4, -0.2) is 19.5 Å². The number of amides is 1. The summed E-state index contributed by atoms with van der Waals surface area (Å²) in [6, 6.07) is 3.84. The van der Waals surface area contributed by atoms with E-state index in [1.165, 1.54) is 0 Å². The maximum Gasteiger partial charge on any atom is 0.224 e. The number of hydrogen-bond acceptors (Lipinski definition) is 3. The summed E-state index contributed by atoms with van der Waals surface area (Å²) in [7, 11) is 1.62. The van der Waals surface area contributed by atoms with Crippen molar-refractivity contribution in [2.45, 2.75) is 19.8 Å². The van der Waals surface area contributed by atoms with Crippen molar-refractivity contribution < 1.29 is 9.21 Å². The molecule has 0 radical (unpaired) electrons. The number of carbonyl (C=O) groups excluding carboxylic acids is 1. The molecule has 1 amide bonds. The van der Waals surface area contributed by atoms with Gasteiger partial charge in [-0.25, -0.2) is 0 Å². The van der Waals surface area contributed by atoms with Crippen LogP contribution in [0.2, 0.25) is 0 Å². The van der Waals surface area contributed by atoms with Crippen LogP contribution in [-0.2, 0) is 17.6 Å². The molecule has 1 rings (SSSR count). The first-order valence-electron chi connectivity index (χ1n) is 5.20. The summed E-state index contributed by atoms with van der Waals surface area (Å²) in [5.41, 5.74) is 5.53. The van der Waals surface area contributed by atoms with Crippen LogP contribution in [0.1, 0.15) is 18.4 Å². The molecule has 1 aromatic rings. The van der Waals surface area contributed by atoms with Crippen LogP contribution >= 0.6 is 0 Å².